The summed E-state index contributed by atoms with van der Waals surface area (Å²) in [6, 6.07) is 7.42. The van der Waals surface area contributed by atoms with E-state index in [-0.39, 0.29) is 6.09 Å². The molecule has 5 nitrogen and oxygen atoms in total. The highest BCUT2D eigenvalue weighted by molar-refractivity contribution is 5.92. The van der Waals surface area contributed by atoms with E-state index in [0.29, 0.717) is 25.4 Å². The predicted molar refractivity (Wildman–Crippen MR) is 68.9 cm³/mol. The molecule has 2 rings (SSSR count). The molecule has 1 aliphatic rings. The molecule has 0 spiro atoms. The van der Waals surface area contributed by atoms with Gasteiger partial charge in [-0.3, -0.25) is 4.90 Å². The van der Waals surface area contributed by atoms with Crippen LogP contribution in [0.4, 0.5) is 10.5 Å². The molecule has 1 unspecified atom stereocenters. The highest BCUT2D eigenvalue weighted by atomic mass is 16.6. The van der Waals surface area contributed by atoms with Crippen LogP contribution in [0.1, 0.15) is 13.8 Å². The number of nitrogens with zero attached hydrogens (tertiary/aromatic N) is 1. The minimum absolute atomic E-state index is 0.298. The van der Waals surface area contributed by atoms with Gasteiger partial charge in [-0.25, -0.2) is 4.79 Å². The second-order valence-electron chi connectivity index (χ2n) is 4.51. The summed E-state index contributed by atoms with van der Waals surface area (Å²) in [5, 5.41) is 0. The molecule has 1 fully saturated rings. The molecule has 98 valence electrons. The molecule has 1 atom stereocenters. The van der Waals surface area contributed by atoms with Crippen LogP contribution in [0, 0.1) is 0 Å². The third-order valence-electron chi connectivity index (χ3n) is 2.93. The van der Waals surface area contributed by atoms with E-state index in [1.807, 2.05) is 38.1 Å². The number of ether oxygens (including phenoxy) is 2. The smallest absolute Gasteiger partial charge is 0.415 e. The maximum Gasteiger partial charge on any atom is 0.415 e. The van der Waals surface area contributed by atoms with Crippen molar-refractivity contribution < 1.29 is 14.3 Å². The van der Waals surface area contributed by atoms with Gasteiger partial charge in [-0.1, -0.05) is 12.1 Å². The number of cyclic esters (lactones) is 1. The minimum Gasteiger partial charge on any atom is -0.492 e. The van der Waals surface area contributed by atoms with Crippen molar-refractivity contribution in [1.29, 1.82) is 0 Å². The van der Waals surface area contributed by atoms with Crippen LogP contribution in [0.5, 0.6) is 5.75 Å². The molecule has 0 bridgehead atoms. The number of para-hydroxylation sites is 2. The fourth-order valence-corrected chi connectivity index (χ4v) is 1.94. The second-order valence-corrected chi connectivity index (χ2v) is 4.51. The molecule has 1 aliphatic heterocycles. The number of carbonyl (C=O) groups excluding carboxylic acids is 1. The lowest BCUT2D eigenvalue weighted by Crippen LogP contribution is -2.38. The quantitative estimate of drug-likeness (QED) is 0.884. The van der Waals surface area contributed by atoms with Gasteiger partial charge >= 0.3 is 6.09 Å². The topological polar surface area (TPSA) is 64.8 Å². The first-order valence-electron chi connectivity index (χ1n) is 6.02. The fraction of sp³-hybridized carbons (Fsp3) is 0.462. The Morgan fingerprint density at radius 3 is 2.83 bits per heavy atom. The standard InChI is InChI=1S/C13H18N2O3/c1-3-17-11-7-5-4-6-10(11)15-9-13(2,8-14)18-12(15)16/h4-7H,3,8-9,14H2,1-2H3. The van der Waals surface area contributed by atoms with E-state index in [2.05, 4.69) is 0 Å². The van der Waals surface area contributed by atoms with Gasteiger partial charge in [-0.15, -0.1) is 0 Å². The number of carbonyl (C=O) groups is 1. The molecule has 0 aliphatic carbocycles. The lowest BCUT2D eigenvalue weighted by Gasteiger charge is -2.20. The summed E-state index contributed by atoms with van der Waals surface area (Å²) < 4.78 is 10.8. The molecular weight excluding hydrogens is 232 g/mol. The molecule has 18 heavy (non-hydrogen) atoms. The van der Waals surface area contributed by atoms with E-state index in [9.17, 15) is 4.79 Å². The molecule has 2 N–H and O–H groups in total. The normalized spacial score (nSPS) is 23.1. The van der Waals surface area contributed by atoms with E-state index in [1.165, 1.54) is 0 Å². The summed E-state index contributed by atoms with van der Waals surface area (Å²) in [7, 11) is 0. The van der Waals surface area contributed by atoms with Crippen LogP contribution in [0.2, 0.25) is 0 Å². The number of anilines is 1. The number of benzene rings is 1. The molecule has 1 heterocycles. The number of hydrogen-bond acceptors (Lipinski definition) is 4. The molecule has 1 saturated heterocycles. The first-order valence-corrected chi connectivity index (χ1v) is 6.02. The van der Waals surface area contributed by atoms with E-state index in [1.54, 1.807) is 4.90 Å². The van der Waals surface area contributed by atoms with Gasteiger partial charge in [0.15, 0.2) is 0 Å². The van der Waals surface area contributed by atoms with Crippen molar-refractivity contribution in [2.75, 3.05) is 24.6 Å². The Labute approximate surface area is 106 Å². The van der Waals surface area contributed by atoms with Gasteiger partial charge in [0.25, 0.3) is 0 Å². The van der Waals surface area contributed by atoms with Crippen LogP contribution in [0.15, 0.2) is 24.3 Å². The van der Waals surface area contributed by atoms with Gasteiger partial charge in [-0.05, 0) is 26.0 Å². The van der Waals surface area contributed by atoms with Gasteiger partial charge in [0.05, 0.1) is 18.8 Å². The minimum atomic E-state index is -0.629. The zero-order valence-corrected chi connectivity index (χ0v) is 10.7. The first-order chi connectivity index (χ1) is 8.59. The molecule has 5 heteroatoms. The summed E-state index contributed by atoms with van der Waals surface area (Å²) in [4.78, 5) is 13.5. The largest absolute Gasteiger partial charge is 0.492 e. The van der Waals surface area contributed by atoms with Gasteiger partial charge in [0, 0.05) is 6.54 Å². The van der Waals surface area contributed by atoms with E-state index >= 15 is 0 Å². The third kappa shape index (κ3) is 2.26. The summed E-state index contributed by atoms with van der Waals surface area (Å²) in [6.45, 7) is 5.02. The van der Waals surface area contributed by atoms with E-state index in [0.717, 1.165) is 5.69 Å². The fourth-order valence-electron chi connectivity index (χ4n) is 1.94. The molecule has 0 aromatic heterocycles. The first kappa shape index (κ1) is 12.7. The Morgan fingerprint density at radius 1 is 1.50 bits per heavy atom. The second kappa shape index (κ2) is 4.86. The average Bonchev–Trinajstić information content (AvgIpc) is 2.67. The van der Waals surface area contributed by atoms with E-state index in [4.69, 9.17) is 15.2 Å². The highest BCUT2D eigenvalue weighted by Crippen LogP contribution is 2.33. The summed E-state index contributed by atoms with van der Waals surface area (Å²) in [5.41, 5.74) is 5.73. The molecule has 1 aromatic rings. The lowest BCUT2D eigenvalue weighted by molar-refractivity contribution is 0.0789. The Balaban J connectivity index is 2.29. The average molecular weight is 250 g/mol. The molecule has 1 amide bonds. The molecule has 1 aromatic carbocycles. The highest BCUT2D eigenvalue weighted by Gasteiger charge is 2.41. The molecular formula is C13H18N2O3. The van der Waals surface area contributed by atoms with Crippen molar-refractivity contribution in [2.45, 2.75) is 19.4 Å². The zero-order valence-electron chi connectivity index (χ0n) is 10.7. The number of hydrogen-bond donors (Lipinski definition) is 1. The summed E-state index contributed by atoms with van der Waals surface area (Å²) >= 11 is 0. The van der Waals surface area contributed by atoms with Crippen LogP contribution in [0.3, 0.4) is 0 Å². The SMILES string of the molecule is CCOc1ccccc1N1CC(C)(CN)OC1=O. The van der Waals surface area contributed by atoms with Crippen molar-refractivity contribution >= 4 is 11.8 Å². The monoisotopic (exact) mass is 250 g/mol. The van der Waals surface area contributed by atoms with Crippen molar-refractivity contribution in [3.8, 4) is 5.75 Å². The van der Waals surface area contributed by atoms with Crippen LogP contribution in [-0.2, 0) is 4.74 Å². The maximum atomic E-state index is 11.9. The Morgan fingerprint density at radius 2 is 2.22 bits per heavy atom. The zero-order chi connectivity index (χ0) is 13.2. The number of amides is 1. The Hall–Kier alpha value is -1.75. The molecule has 0 saturated carbocycles. The molecule has 0 radical (unpaired) electrons. The third-order valence-corrected chi connectivity index (χ3v) is 2.93. The van der Waals surface area contributed by atoms with Crippen LogP contribution in [-0.4, -0.2) is 31.4 Å². The summed E-state index contributed by atoms with van der Waals surface area (Å²) in [5.74, 6) is 0.679. The van der Waals surface area contributed by atoms with Crippen molar-refractivity contribution in [1.82, 2.24) is 0 Å². The number of rotatable bonds is 4. The van der Waals surface area contributed by atoms with Gasteiger partial charge in [0.1, 0.15) is 11.4 Å². The van der Waals surface area contributed by atoms with Crippen molar-refractivity contribution in [3.05, 3.63) is 24.3 Å². The Kier molecular flexibility index (Phi) is 3.43. The van der Waals surface area contributed by atoms with Gasteiger partial charge < -0.3 is 15.2 Å². The van der Waals surface area contributed by atoms with Crippen molar-refractivity contribution in [3.63, 3.8) is 0 Å². The van der Waals surface area contributed by atoms with Crippen LogP contribution >= 0.6 is 0 Å². The van der Waals surface area contributed by atoms with Gasteiger partial charge in [0.2, 0.25) is 0 Å². The Bertz CT molecular complexity index is 450. The predicted octanol–water partition coefficient (Wildman–Crippen LogP) is 1.76. The summed E-state index contributed by atoms with van der Waals surface area (Å²) in [6.07, 6.45) is -0.380. The number of nitrogens with two attached hydrogens (primary N) is 1. The lowest BCUT2D eigenvalue weighted by atomic mass is 10.1. The van der Waals surface area contributed by atoms with Crippen LogP contribution in [0.25, 0.3) is 0 Å². The van der Waals surface area contributed by atoms with E-state index < -0.39 is 5.60 Å². The van der Waals surface area contributed by atoms with Crippen molar-refractivity contribution in [2.24, 2.45) is 5.73 Å². The van der Waals surface area contributed by atoms with Crippen LogP contribution < -0.4 is 15.4 Å². The maximum absolute atomic E-state index is 11.9. The van der Waals surface area contributed by atoms with Gasteiger partial charge in [-0.2, -0.15) is 0 Å².